The molecule has 0 radical (unpaired) electrons. The number of hydrogen-bond acceptors (Lipinski definition) is 4. The molecule has 0 aliphatic rings. The molecule has 0 heterocycles. The molecule has 5 nitrogen and oxygen atoms in total. The second kappa shape index (κ2) is 5.14. The van der Waals surface area contributed by atoms with E-state index in [9.17, 15) is 13.2 Å². The fourth-order valence-electron chi connectivity index (χ4n) is 1.02. The van der Waals surface area contributed by atoms with Crippen LogP contribution in [0.5, 0.6) is 0 Å². The lowest BCUT2D eigenvalue weighted by Gasteiger charge is -2.29. The highest BCUT2D eigenvalue weighted by molar-refractivity contribution is 7.90. The third-order valence-electron chi connectivity index (χ3n) is 2.37. The summed E-state index contributed by atoms with van der Waals surface area (Å²) in [4.78, 5) is 13.2. The molecule has 0 aliphatic heterocycles. The van der Waals surface area contributed by atoms with Gasteiger partial charge in [-0.25, -0.2) is 8.42 Å². The van der Waals surface area contributed by atoms with Crippen LogP contribution in [0.1, 0.15) is 20.8 Å². The van der Waals surface area contributed by atoms with Crippen LogP contribution in [0.4, 0.5) is 0 Å². The Morgan fingerprint density at radius 2 is 1.81 bits per heavy atom. The van der Waals surface area contributed by atoms with Crippen LogP contribution in [-0.2, 0) is 14.6 Å². The van der Waals surface area contributed by atoms with Crippen molar-refractivity contribution in [3.8, 4) is 0 Å². The maximum atomic E-state index is 11.8. The average Bonchev–Trinajstić information content (AvgIpc) is 2.09. The minimum absolute atomic E-state index is 0.0356. The van der Waals surface area contributed by atoms with Crippen molar-refractivity contribution in [3.05, 3.63) is 0 Å². The zero-order chi connectivity index (χ0) is 13.1. The van der Waals surface area contributed by atoms with Gasteiger partial charge in [-0.2, -0.15) is 0 Å². The van der Waals surface area contributed by atoms with E-state index >= 15 is 0 Å². The van der Waals surface area contributed by atoms with E-state index in [0.717, 1.165) is 6.26 Å². The molecule has 16 heavy (non-hydrogen) atoms. The predicted molar refractivity (Wildman–Crippen MR) is 64.8 cm³/mol. The molecule has 0 fully saturated rings. The number of rotatable bonds is 4. The fraction of sp³-hybridized carbons (Fsp3) is 0.900. The van der Waals surface area contributed by atoms with Gasteiger partial charge in [-0.1, -0.05) is 20.8 Å². The molecule has 1 unspecified atom stereocenters. The Hall–Kier alpha value is -0.620. The van der Waals surface area contributed by atoms with E-state index < -0.39 is 15.9 Å². The van der Waals surface area contributed by atoms with Crippen molar-refractivity contribution in [3.63, 3.8) is 0 Å². The maximum absolute atomic E-state index is 11.8. The third kappa shape index (κ3) is 5.46. The van der Waals surface area contributed by atoms with Crippen molar-refractivity contribution in [2.45, 2.75) is 26.8 Å². The topological polar surface area (TPSA) is 80.5 Å². The fourth-order valence-corrected chi connectivity index (χ4v) is 1.63. The SMILES string of the molecule is CN(CCS(C)(=O)=O)C(=O)C(N)C(C)(C)C. The van der Waals surface area contributed by atoms with Crippen molar-refractivity contribution in [2.75, 3.05) is 25.6 Å². The van der Waals surface area contributed by atoms with Gasteiger partial charge in [0.2, 0.25) is 5.91 Å². The van der Waals surface area contributed by atoms with Gasteiger partial charge in [0.1, 0.15) is 9.84 Å². The molecule has 0 aromatic carbocycles. The monoisotopic (exact) mass is 250 g/mol. The minimum atomic E-state index is -3.05. The van der Waals surface area contributed by atoms with Crippen molar-refractivity contribution in [2.24, 2.45) is 11.1 Å². The van der Waals surface area contributed by atoms with Gasteiger partial charge in [-0.3, -0.25) is 4.79 Å². The highest BCUT2D eigenvalue weighted by atomic mass is 32.2. The summed E-state index contributed by atoms with van der Waals surface area (Å²) >= 11 is 0. The Balaban J connectivity index is 4.41. The van der Waals surface area contributed by atoms with Crippen molar-refractivity contribution < 1.29 is 13.2 Å². The van der Waals surface area contributed by atoms with Crippen LogP contribution in [0.3, 0.4) is 0 Å². The summed E-state index contributed by atoms with van der Waals surface area (Å²) in [5.74, 6) is -0.261. The van der Waals surface area contributed by atoms with Gasteiger partial charge in [0.05, 0.1) is 11.8 Å². The Bertz CT molecular complexity index is 344. The molecular weight excluding hydrogens is 228 g/mol. The van der Waals surface area contributed by atoms with Gasteiger partial charge in [0.15, 0.2) is 0 Å². The summed E-state index contributed by atoms with van der Waals surface area (Å²) in [5.41, 5.74) is 5.47. The first-order valence-corrected chi connectivity index (χ1v) is 7.19. The standard InChI is InChI=1S/C10H22N2O3S/c1-10(2,3)8(11)9(13)12(4)6-7-16(5,14)15/h8H,6-7,11H2,1-5H3. The Morgan fingerprint density at radius 1 is 1.38 bits per heavy atom. The van der Waals surface area contributed by atoms with Crippen LogP contribution in [0.2, 0.25) is 0 Å². The summed E-state index contributed by atoms with van der Waals surface area (Å²) in [5, 5.41) is 0. The van der Waals surface area contributed by atoms with E-state index in [1.165, 1.54) is 4.90 Å². The molecule has 0 rings (SSSR count). The molecule has 96 valence electrons. The number of amides is 1. The molecule has 0 aliphatic carbocycles. The highest BCUT2D eigenvalue weighted by Gasteiger charge is 2.29. The number of likely N-dealkylation sites (N-methyl/N-ethyl adjacent to an activating group) is 1. The Labute approximate surface area is 97.9 Å². The second-order valence-corrected chi connectivity index (χ2v) is 7.49. The van der Waals surface area contributed by atoms with Gasteiger partial charge in [0.25, 0.3) is 0 Å². The molecule has 0 bridgehead atoms. The van der Waals surface area contributed by atoms with Crippen LogP contribution in [0.25, 0.3) is 0 Å². The number of hydrogen-bond donors (Lipinski definition) is 1. The molecule has 0 spiro atoms. The first kappa shape index (κ1) is 15.4. The normalized spacial score (nSPS) is 14.6. The largest absolute Gasteiger partial charge is 0.343 e. The number of sulfone groups is 1. The van der Waals surface area contributed by atoms with Gasteiger partial charge in [-0.05, 0) is 5.41 Å². The number of nitrogens with two attached hydrogens (primary N) is 1. The van der Waals surface area contributed by atoms with Crippen LogP contribution < -0.4 is 5.73 Å². The summed E-state index contributed by atoms with van der Waals surface area (Å²) in [6.07, 6.45) is 1.15. The number of carbonyl (C=O) groups is 1. The Morgan fingerprint density at radius 3 is 2.12 bits per heavy atom. The smallest absolute Gasteiger partial charge is 0.239 e. The zero-order valence-electron chi connectivity index (χ0n) is 10.6. The van der Waals surface area contributed by atoms with Crippen LogP contribution >= 0.6 is 0 Å². The molecule has 1 amide bonds. The van der Waals surface area contributed by atoms with E-state index in [-0.39, 0.29) is 23.6 Å². The molecule has 0 saturated carbocycles. The molecule has 0 saturated heterocycles. The van der Waals surface area contributed by atoms with E-state index in [1.807, 2.05) is 20.8 Å². The maximum Gasteiger partial charge on any atom is 0.239 e. The molecule has 2 N–H and O–H groups in total. The second-order valence-electron chi connectivity index (χ2n) is 5.23. The predicted octanol–water partition coefficient (Wildman–Crippen LogP) is -0.137. The lowest BCUT2D eigenvalue weighted by molar-refractivity contribution is -0.133. The summed E-state index contributed by atoms with van der Waals surface area (Å²) in [6.45, 7) is 5.81. The molecule has 6 heteroatoms. The van der Waals surface area contributed by atoms with Gasteiger partial charge < -0.3 is 10.6 Å². The molecule has 0 aromatic rings. The lowest BCUT2D eigenvalue weighted by Crippen LogP contribution is -2.50. The van der Waals surface area contributed by atoms with E-state index in [0.29, 0.717) is 0 Å². The number of carbonyl (C=O) groups excluding carboxylic acids is 1. The minimum Gasteiger partial charge on any atom is -0.343 e. The summed E-state index contributed by atoms with van der Waals surface area (Å²) in [6, 6.07) is -0.614. The van der Waals surface area contributed by atoms with E-state index in [4.69, 9.17) is 5.73 Å². The van der Waals surface area contributed by atoms with Crippen molar-refractivity contribution >= 4 is 15.7 Å². The van der Waals surface area contributed by atoms with Crippen LogP contribution in [0, 0.1) is 5.41 Å². The first-order valence-electron chi connectivity index (χ1n) is 5.13. The Kier molecular flexibility index (Phi) is 4.94. The molecule has 1 atom stereocenters. The summed E-state index contributed by atoms with van der Waals surface area (Å²) < 4.78 is 21.9. The lowest BCUT2D eigenvalue weighted by atomic mass is 9.86. The highest BCUT2D eigenvalue weighted by Crippen LogP contribution is 2.18. The quantitative estimate of drug-likeness (QED) is 0.753. The average molecular weight is 250 g/mol. The summed E-state index contributed by atoms with van der Waals surface area (Å²) in [7, 11) is -1.48. The van der Waals surface area contributed by atoms with Crippen LogP contribution in [-0.4, -0.2) is 50.9 Å². The van der Waals surface area contributed by atoms with Crippen molar-refractivity contribution in [1.29, 1.82) is 0 Å². The third-order valence-corrected chi connectivity index (χ3v) is 3.30. The van der Waals surface area contributed by atoms with Gasteiger partial charge in [0, 0.05) is 19.8 Å². The van der Waals surface area contributed by atoms with Gasteiger partial charge >= 0.3 is 0 Å². The first-order chi connectivity index (χ1) is 6.95. The zero-order valence-corrected chi connectivity index (χ0v) is 11.5. The van der Waals surface area contributed by atoms with Gasteiger partial charge in [-0.15, -0.1) is 0 Å². The van der Waals surface area contributed by atoms with Crippen LogP contribution in [0.15, 0.2) is 0 Å². The molecular formula is C10H22N2O3S. The van der Waals surface area contributed by atoms with Crippen molar-refractivity contribution in [1.82, 2.24) is 4.90 Å². The van der Waals surface area contributed by atoms with E-state index in [1.54, 1.807) is 7.05 Å². The number of nitrogens with zero attached hydrogens (tertiary/aromatic N) is 1. The molecule has 0 aromatic heterocycles. The van der Waals surface area contributed by atoms with E-state index in [2.05, 4.69) is 0 Å².